The molecule has 0 saturated heterocycles. The fourth-order valence-corrected chi connectivity index (χ4v) is 2.80. The first-order valence-corrected chi connectivity index (χ1v) is 7.58. The minimum Gasteiger partial charge on any atom is -0.489 e. The molecule has 0 fully saturated rings. The smallest absolute Gasteiger partial charge is 0.131 e. The molecule has 1 unspecified atom stereocenters. The molecule has 2 aromatic rings. The predicted molar refractivity (Wildman–Crippen MR) is 85.0 cm³/mol. The van der Waals surface area contributed by atoms with Gasteiger partial charge in [-0.1, -0.05) is 23.7 Å². The molecule has 0 aliphatic carbocycles. The molecule has 0 spiro atoms. The molecule has 0 saturated carbocycles. The number of hydrogen-bond acceptors (Lipinski definition) is 3. The maximum absolute atomic E-state index is 13.7. The Hall–Kier alpha value is -1.78. The van der Waals surface area contributed by atoms with Crippen LogP contribution in [-0.4, -0.2) is 18.3 Å². The van der Waals surface area contributed by atoms with Gasteiger partial charge in [-0.2, -0.15) is 0 Å². The summed E-state index contributed by atoms with van der Waals surface area (Å²) in [5.74, 6) is 0.541. The zero-order valence-electron chi connectivity index (χ0n) is 12.0. The van der Waals surface area contributed by atoms with Crippen LogP contribution in [0.15, 0.2) is 36.4 Å². The quantitative estimate of drug-likeness (QED) is 0.903. The van der Waals surface area contributed by atoms with E-state index in [-0.39, 0.29) is 24.9 Å². The van der Waals surface area contributed by atoms with Crippen LogP contribution in [0.5, 0.6) is 5.75 Å². The Morgan fingerprint density at radius 1 is 1.32 bits per heavy atom. The zero-order chi connectivity index (χ0) is 15.5. The summed E-state index contributed by atoms with van der Waals surface area (Å²) in [5, 5.41) is 12.9. The van der Waals surface area contributed by atoms with Gasteiger partial charge >= 0.3 is 0 Å². The van der Waals surface area contributed by atoms with E-state index in [0.29, 0.717) is 16.3 Å². The number of hydrogen-bond donors (Lipinski definition) is 2. The van der Waals surface area contributed by atoms with Gasteiger partial charge in [-0.25, -0.2) is 4.39 Å². The maximum atomic E-state index is 13.7. The lowest BCUT2D eigenvalue weighted by Crippen LogP contribution is -2.25. The molecule has 0 radical (unpaired) electrons. The van der Waals surface area contributed by atoms with Crippen LogP contribution in [0.2, 0.25) is 5.02 Å². The first kappa shape index (κ1) is 15.1. The van der Waals surface area contributed by atoms with Gasteiger partial charge in [0.2, 0.25) is 0 Å². The highest BCUT2D eigenvalue weighted by Gasteiger charge is 2.18. The summed E-state index contributed by atoms with van der Waals surface area (Å²) in [7, 11) is 0. The second kappa shape index (κ2) is 6.55. The number of nitrogens with one attached hydrogen (secondary N) is 1. The SMILES string of the molecule is OCC1CNc2cc(OCc3c(F)cccc3Cl)ccc2C1. The van der Waals surface area contributed by atoms with Crippen molar-refractivity contribution in [3.05, 3.63) is 58.4 Å². The number of aliphatic hydroxyl groups is 1. The molecule has 3 nitrogen and oxygen atoms in total. The average molecular weight is 322 g/mol. The van der Waals surface area contributed by atoms with Gasteiger partial charge in [0, 0.05) is 36.4 Å². The van der Waals surface area contributed by atoms with Crippen LogP contribution < -0.4 is 10.1 Å². The molecule has 3 rings (SSSR count). The number of ether oxygens (including phenoxy) is 1. The first-order valence-electron chi connectivity index (χ1n) is 7.20. The minimum absolute atomic E-state index is 0.0869. The van der Waals surface area contributed by atoms with Crippen molar-refractivity contribution in [2.24, 2.45) is 5.92 Å². The van der Waals surface area contributed by atoms with E-state index < -0.39 is 0 Å². The Morgan fingerprint density at radius 2 is 2.18 bits per heavy atom. The fourth-order valence-electron chi connectivity index (χ4n) is 2.58. The Morgan fingerprint density at radius 3 is 2.95 bits per heavy atom. The monoisotopic (exact) mass is 321 g/mol. The topological polar surface area (TPSA) is 41.5 Å². The van der Waals surface area contributed by atoms with Crippen molar-refractivity contribution in [1.29, 1.82) is 0 Å². The van der Waals surface area contributed by atoms with Gasteiger partial charge in [0.25, 0.3) is 0 Å². The Balaban J connectivity index is 1.72. The van der Waals surface area contributed by atoms with Crippen LogP contribution in [0.1, 0.15) is 11.1 Å². The third kappa shape index (κ3) is 3.18. The third-order valence-corrected chi connectivity index (χ3v) is 4.23. The molecule has 2 N–H and O–H groups in total. The predicted octanol–water partition coefficient (Wildman–Crippen LogP) is 3.63. The van der Waals surface area contributed by atoms with Crippen LogP contribution in [0.4, 0.5) is 10.1 Å². The second-order valence-corrected chi connectivity index (χ2v) is 5.85. The van der Waals surface area contributed by atoms with E-state index >= 15 is 0 Å². The van der Waals surface area contributed by atoms with Crippen molar-refractivity contribution in [3.8, 4) is 5.75 Å². The number of anilines is 1. The molecule has 1 heterocycles. The van der Waals surface area contributed by atoms with Gasteiger partial charge < -0.3 is 15.2 Å². The molecule has 22 heavy (non-hydrogen) atoms. The highest BCUT2D eigenvalue weighted by atomic mass is 35.5. The van der Waals surface area contributed by atoms with E-state index in [2.05, 4.69) is 5.32 Å². The van der Waals surface area contributed by atoms with E-state index in [9.17, 15) is 9.50 Å². The number of aliphatic hydroxyl groups excluding tert-OH is 1. The first-order chi connectivity index (χ1) is 10.7. The molecule has 0 aromatic heterocycles. The molecule has 5 heteroatoms. The number of rotatable bonds is 4. The van der Waals surface area contributed by atoms with Gasteiger partial charge in [-0.15, -0.1) is 0 Å². The summed E-state index contributed by atoms with van der Waals surface area (Å²) in [5.41, 5.74) is 2.51. The number of benzene rings is 2. The second-order valence-electron chi connectivity index (χ2n) is 5.44. The van der Waals surface area contributed by atoms with E-state index in [1.165, 1.54) is 6.07 Å². The van der Waals surface area contributed by atoms with Crippen molar-refractivity contribution in [3.63, 3.8) is 0 Å². The number of halogens is 2. The van der Waals surface area contributed by atoms with Crippen molar-refractivity contribution in [1.82, 2.24) is 0 Å². The summed E-state index contributed by atoms with van der Waals surface area (Å²) in [6, 6.07) is 10.3. The zero-order valence-corrected chi connectivity index (χ0v) is 12.7. The van der Waals surface area contributed by atoms with Gasteiger partial charge in [0.05, 0.1) is 5.02 Å². The summed E-state index contributed by atoms with van der Waals surface area (Å²) < 4.78 is 19.4. The molecule has 116 valence electrons. The van der Waals surface area contributed by atoms with Gasteiger partial charge in [0.1, 0.15) is 18.2 Å². The van der Waals surface area contributed by atoms with Crippen LogP contribution in [0.3, 0.4) is 0 Å². The lowest BCUT2D eigenvalue weighted by atomic mass is 9.94. The Labute approximate surface area is 133 Å². The fraction of sp³-hybridized carbons (Fsp3) is 0.294. The largest absolute Gasteiger partial charge is 0.489 e. The molecule has 1 aliphatic heterocycles. The molecule has 1 aliphatic rings. The minimum atomic E-state index is -0.366. The highest BCUT2D eigenvalue weighted by Crippen LogP contribution is 2.29. The summed E-state index contributed by atoms with van der Waals surface area (Å²) in [6.45, 7) is 1.01. The molecule has 1 atom stereocenters. The van der Waals surface area contributed by atoms with E-state index in [4.69, 9.17) is 16.3 Å². The number of fused-ring (bicyclic) bond motifs is 1. The molecular formula is C17H17ClFNO2. The van der Waals surface area contributed by atoms with Gasteiger partial charge in [-0.3, -0.25) is 0 Å². The van der Waals surface area contributed by atoms with Crippen molar-refractivity contribution >= 4 is 17.3 Å². The maximum Gasteiger partial charge on any atom is 0.131 e. The molecule has 0 amide bonds. The van der Waals surface area contributed by atoms with Crippen LogP contribution in [-0.2, 0) is 13.0 Å². The van der Waals surface area contributed by atoms with Gasteiger partial charge in [-0.05, 0) is 30.2 Å². The van der Waals surface area contributed by atoms with E-state index in [0.717, 1.165) is 24.2 Å². The van der Waals surface area contributed by atoms with Crippen LogP contribution in [0.25, 0.3) is 0 Å². The van der Waals surface area contributed by atoms with E-state index in [1.807, 2.05) is 18.2 Å². The molecule has 2 aromatic carbocycles. The van der Waals surface area contributed by atoms with Crippen molar-refractivity contribution in [2.75, 3.05) is 18.5 Å². The summed E-state index contributed by atoms with van der Waals surface area (Å²) in [4.78, 5) is 0. The summed E-state index contributed by atoms with van der Waals surface area (Å²) in [6.07, 6.45) is 0.845. The Bertz CT molecular complexity index is 657. The standard InChI is InChI=1S/C17H17ClFNO2/c18-15-2-1-3-16(19)14(15)10-22-13-5-4-12-6-11(9-21)8-20-17(12)7-13/h1-5,7,11,20-21H,6,8-10H2. The average Bonchev–Trinajstić information content (AvgIpc) is 2.53. The highest BCUT2D eigenvalue weighted by molar-refractivity contribution is 6.31. The lowest BCUT2D eigenvalue weighted by Gasteiger charge is -2.25. The molecule has 0 bridgehead atoms. The van der Waals surface area contributed by atoms with Crippen LogP contribution >= 0.6 is 11.6 Å². The molecular weight excluding hydrogens is 305 g/mol. The summed E-state index contributed by atoms with van der Waals surface area (Å²) >= 11 is 5.99. The van der Waals surface area contributed by atoms with Crippen molar-refractivity contribution < 1.29 is 14.2 Å². The lowest BCUT2D eigenvalue weighted by molar-refractivity contribution is 0.230. The van der Waals surface area contributed by atoms with Gasteiger partial charge in [0.15, 0.2) is 0 Å². The van der Waals surface area contributed by atoms with Crippen molar-refractivity contribution in [2.45, 2.75) is 13.0 Å². The Kier molecular flexibility index (Phi) is 4.50. The van der Waals surface area contributed by atoms with Crippen LogP contribution in [0, 0.1) is 11.7 Å². The third-order valence-electron chi connectivity index (χ3n) is 3.87. The van der Waals surface area contributed by atoms with E-state index in [1.54, 1.807) is 12.1 Å². The normalized spacial score (nSPS) is 16.8.